The highest BCUT2D eigenvalue weighted by Gasteiger charge is 2.38. The van der Waals surface area contributed by atoms with Crippen molar-refractivity contribution in [2.45, 2.75) is 19.3 Å². The summed E-state index contributed by atoms with van der Waals surface area (Å²) in [5.41, 5.74) is 12.9. The van der Waals surface area contributed by atoms with E-state index in [4.69, 9.17) is 14.4 Å². The maximum Gasteiger partial charge on any atom is 0.235 e. The van der Waals surface area contributed by atoms with Gasteiger partial charge >= 0.3 is 0 Å². The van der Waals surface area contributed by atoms with Gasteiger partial charge in [0.25, 0.3) is 0 Å². The fourth-order valence-corrected chi connectivity index (χ4v) is 7.87. The third-order valence-electron chi connectivity index (χ3n) is 10.0. The third-order valence-corrected chi connectivity index (χ3v) is 10.0. The van der Waals surface area contributed by atoms with Gasteiger partial charge in [0.15, 0.2) is 0 Å². The molecule has 222 valence electrons. The Morgan fingerprint density at radius 3 is 2.11 bits per heavy atom. The molecule has 0 saturated heterocycles. The standard InChI is InChI=1S/C43H29N3O/c1-43(2)33-17-9-6-14-28(33)31-22-23-37-40(41(31)43)32-16-7-10-18-36(32)46(37)42-44-34(26-12-4-3-5-13-26)25-35(45-42)27-20-21-30-29-15-8-11-19-38(29)47-39(30)24-27/h3-25H,1-2H3. The smallest absolute Gasteiger partial charge is 0.235 e. The Morgan fingerprint density at radius 1 is 0.532 bits per heavy atom. The van der Waals surface area contributed by atoms with Crippen molar-refractivity contribution in [3.8, 4) is 39.6 Å². The molecule has 0 unspecified atom stereocenters. The van der Waals surface area contributed by atoms with Crippen LogP contribution < -0.4 is 0 Å². The molecule has 0 aliphatic heterocycles. The second-order valence-electron chi connectivity index (χ2n) is 13.0. The van der Waals surface area contributed by atoms with E-state index in [1.807, 2.05) is 18.2 Å². The Hall–Kier alpha value is -6.00. The Labute approximate surface area is 271 Å². The fraction of sp³-hybridized carbons (Fsp3) is 0.0698. The van der Waals surface area contributed by atoms with Gasteiger partial charge < -0.3 is 4.42 Å². The Balaban J connectivity index is 1.26. The Bertz CT molecular complexity index is 2710. The molecule has 0 spiro atoms. The minimum absolute atomic E-state index is 0.152. The molecule has 1 aliphatic rings. The third kappa shape index (κ3) is 3.70. The first-order valence-corrected chi connectivity index (χ1v) is 16.1. The monoisotopic (exact) mass is 603 g/mol. The summed E-state index contributed by atoms with van der Waals surface area (Å²) >= 11 is 0. The van der Waals surface area contributed by atoms with E-state index in [2.05, 4.69) is 140 Å². The van der Waals surface area contributed by atoms with Crippen LogP contribution >= 0.6 is 0 Å². The average Bonchev–Trinajstić information content (AvgIpc) is 3.74. The van der Waals surface area contributed by atoms with Gasteiger partial charge in [0.2, 0.25) is 5.95 Å². The van der Waals surface area contributed by atoms with Crippen molar-refractivity contribution in [3.05, 3.63) is 151 Å². The first-order valence-electron chi connectivity index (χ1n) is 16.1. The number of hydrogen-bond donors (Lipinski definition) is 0. The number of fused-ring (bicyclic) bond motifs is 10. The van der Waals surface area contributed by atoms with Crippen LogP contribution in [0, 0.1) is 0 Å². The number of hydrogen-bond acceptors (Lipinski definition) is 3. The van der Waals surface area contributed by atoms with Crippen molar-refractivity contribution in [2.24, 2.45) is 0 Å². The van der Waals surface area contributed by atoms with E-state index in [-0.39, 0.29) is 5.41 Å². The quantitative estimate of drug-likeness (QED) is 0.202. The zero-order valence-corrected chi connectivity index (χ0v) is 26.0. The van der Waals surface area contributed by atoms with E-state index < -0.39 is 0 Å². The van der Waals surface area contributed by atoms with Crippen LogP contribution in [0.3, 0.4) is 0 Å². The predicted octanol–water partition coefficient (Wildman–Crippen LogP) is 11.1. The van der Waals surface area contributed by atoms with Crippen molar-refractivity contribution in [1.82, 2.24) is 14.5 Å². The van der Waals surface area contributed by atoms with Crippen molar-refractivity contribution in [3.63, 3.8) is 0 Å². The molecule has 47 heavy (non-hydrogen) atoms. The summed E-state index contributed by atoms with van der Waals surface area (Å²) in [5.74, 6) is 0.644. The van der Waals surface area contributed by atoms with Gasteiger partial charge in [0, 0.05) is 38.1 Å². The molecule has 0 radical (unpaired) electrons. The van der Waals surface area contributed by atoms with Crippen LogP contribution in [0.25, 0.3) is 83.3 Å². The van der Waals surface area contributed by atoms with E-state index in [1.54, 1.807) is 0 Å². The summed E-state index contributed by atoms with van der Waals surface area (Å²) in [5, 5.41) is 4.68. The predicted molar refractivity (Wildman–Crippen MR) is 192 cm³/mol. The highest BCUT2D eigenvalue weighted by Crippen LogP contribution is 2.53. The maximum atomic E-state index is 6.29. The van der Waals surface area contributed by atoms with Gasteiger partial charge in [-0.1, -0.05) is 117 Å². The molecule has 0 atom stereocenters. The van der Waals surface area contributed by atoms with Crippen molar-refractivity contribution in [2.75, 3.05) is 0 Å². The molecule has 3 aromatic heterocycles. The lowest BCUT2D eigenvalue weighted by Gasteiger charge is -2.22. The molecule has 0 bridgehead atoms. The van der Waals surface area contributed by atoms with E-state index in [9.17, 15) is 0 Å². The van der Waals surface area contributed by atoms with Crippen LogP contribution in [0.15, 0.2) is 144 Å². The Morgan fingerprint density at radius 2 is 1.23 bits per heavy atom. The molecule has 0 fully saturated rings. The molecule has 0 amide bonds. The van der Waals surface area contributed by atoms with Crippen LogP contribution in [0.4, 0.5) is 0 Å². The number of rotatable bonds is 3. The van der Waals surface area contributed by atoms with Gasteiger partial charge in [-0.15, -0.1) is 0 Å². The molecule has 0 saturated carbocycles. The van der Waals surface area contributed by atoms with E-state index in [1.165, 1.54) is 33.0 Å². The summed E-state index contributed by atoms with van der Waals surface area (Å²) in [6.45, 7) is 4.70. The second-order valence-corrected chi connectivity index (χ2v) is 13.0. The molecular weight excluding hydrogens is 574 g/mol. The minimum Gasteiger partial charge on any atom is -0.456 e. The summed E-state index contributed by atoms with van der Waals surface area (Å²) in [4.78, 5) is 10.6. The van der Waals surface area contributed by atoms with Gasteiger partial charge in [-0.05, 0) is 58.7 Å². The number of para-hydroxylation sites is 2. The molecule has 9 aromatic rings. The van der Waals surface area contributed by atoms with Gasteiger partial charge in [0.05, 0.1) is 22.4 Å². The molecule has 4 heteroatoms. The van der Waals surface area contributed by atoms with Crippen LogP contribution in [-0.4, -0.2) is 14.5 Å². The zero-order chi connectivity index (χ0) is 31.3. The summed E-state index contributed by atoms with van der Waals surface area (Å²) < 4.78 is 8.54. The number of nitrogens with zero attached hydrogens (tertiary/aromatic N) is 3. The van der Waals surface area contributed by atoms with Gasteiger partial charge in [0.1, 0.15) is 11.2 Å². The van der Waals surface area contributed by atoms with Crippen molar-refractivity contribution >= 4 is 43.7 Å². The first kappa shape index (κ1) is 26.2. The van der Waals surface area contributed by atoms with Crippen LogP contribution in [-0.2, 0) is 5.41 Å². The molecule has 6 aromatic carbocycles. The topological polar surface area (TPSA) is 43.9 Å². The number of benzene rings is 6. The van der Waals surface area contributed by atoms with E-state index in [0.29, 0.717) is 5.95 Å². The maximum absolute atomic E-state index is 6.29. The van der Waals surface area contributed by atoms with Crippen molar-refractivity contribution < 1.29 is 4.42 Å². The van der Waals surface area contributed by atoms with Crippen molar-refractivity contribution in [1.29, 1.82) is 0 Å². The lowest BCUT2D eigenvalue weighted by Crippen LogP contribution is -2.15. The molecule has 4 nitrogen and oxygen atoms in total. The molecule has 1 aliphatic carbocycles. The average molecular weight is 604 g/mol. The normalized spacial score (nSPS) is 13.5. The largest absolute Gasteiger partial charge is 0.456 e. The molecular formula is C43H29N3O. The van der Waals surface area contributed by atoms with E-state index in [0.717, 1.165) is 55.5 Å². The van der Waals surface area contributed by atoms with Gasteiger partial charge in [-0.3, -0.25) is 4.57 Å². The fourth-order valence-electron chi connectivity index (χ4n) is 7.87. The van der Waals surface area contributed by atoms with Crippen LogP contribution in [0.5, 0.6) is 0 Å². The second kappa shape index (κ2) is 9.51. The van der Waals surface area contributed by atoms with Crippen LogP contribution in [0.1, 0.15) is 25.0 Å². The summed E-state index contributed by atoms with van der Waals surface area (Å²) in [6, 6.07) is 49.1. The molecule has 10 rings (SSSR count). The lowest BCUT2D eigenvalue weighted by molar-refractivity contribution is 0.666. The lowest BCUT2D eigenvalue weighted by atomic mass is 9.80. The highest BCUT2D eigenvalue weighted by atomic mass is 16.3. The van der Waals surface area contributed by atoms with Gasteiger partial charge in [-0.2, -0.15) is 0 Å². The minimum atomic E-state index is -0.152. The van der Waals surface area contributed by atoms with E-state index >= 15 is 0 Å². The summed E-state index contributed by atoms with van der Waals surface area (Å²) in [6.07, 6.45) is 0. The van der Waals surface area contributed by atoms with Crippen LogP contribution in [0.2, 0.25) is 0 Å². The summed E-state index contributed by atoms with van der Waals surface area (Å²) in [7, 11) is 0. The Kier molecular flexibility index (Phi) is 5.31. The first-order chi connectivity index (χ1) is 23.1. The SMILES string of the molecule is CC1(C)c2ccccc2-c2ccc3c(c21)c1ccccc1n3-c1nc(-c2ccccc2)cc(-c2ccc3c(c2)oc2ccccc23)n1. The van der Waals surface area contributed by atoms with Gasteiger partial charge in [-0.25, -0.2) is 9.97 Å². The highest BCUT2D eigenvalue weighted by molar-refractivity contribution is 6.14. The zero-order valence-electron chi connectivity index (χ0n) is 26.0. The molecule has 3 heterocycles. The number of furan rings is 1. The number of aromatic nitrogens is 3. The molecule has 0 N–H and O–H groups in total.